The Labute approximate surface area is 249 Å². The summed E-state index contributed by atoms with van der Waals surface area (Å²) in [6.07, 6.45) is -0.775. The van der Waals surface area contributed by atoms with Gasteiger partial charge in [-0.05, 0) is 60.8 Å². The van der Waals surface area contributed by atoms with E-state index in [9.17, 15) is 26.7 Å². The second kappa shape index (κ2) is 12.7. The molecule has 4 rings (SSSR count). The first-order valence-corrected chi connectivity index (χ1v) is 17.0. The van der Waals surface area contributed by atoms with Gasteiger partial charge in [-0.1, -0.05) is 24.6 Å². The highest BCUT2D eigenvalue weighted by Gasteiger charge is 2.34. The summed E-state index contributed by atoms with van der Waals surface area (Å²) in [5.74, 6) is -0.255. The number of rotatable bonds is 9. The minimum Gasteiger partial charge on any atom is -0.488 e. The summed E-state index contributed by atoms with van der Waals surface area (Å²) in [5, 5.41) is 11.9. The Morgan fingerprint density at radius 2 is 1.88 bits per heavy atom. The lowest BCUT2D eigenvalue weighted by atomic mass is 10.0. The number of anilines is 1. The van der Waals surface area contributed by atoms with Gasteiger partial charge in [0.05, 0.1) is 30.5 Å². The summed E-state index contributed by atoms with van der Waals surface area (Å²) in [4.78, 5) is 15.0. The quantitative estimate of drug-likeness (QED) is 0.364. The highest BCUT2D eigenvalue weighted by Crippen LogP contribution is 2.31. The number of thiophene rings is 1. The van der Waals surface area contributed by atoms with Crippen LogP contribution in [-0.4, -0.2) is 75.9 Å². The van der Waals surface area contributed by atoms with E-state index >= 15 is 0 Å². The summed E-state index contributed by atoms with van der Waals surface area (Å²) in [6, 6.07) is 13.0. The maximum absolute atomic E-state index is 13.4. The molecular formula is C27H32ClN3O7S3. The molecule has 1 aromatic heterocycles. The average molecular weight is 642 g/mol. The molecule has 0 radical (unpaired) electrons. The molecule has 1 amide bonds. The van der Waals surface area contributed by atoms with Gasteiger partial charge in [-0.3, -0.25) is 9.52 Å². The van der Waals surface area contributed by atoms with E-state index in [0.717, 1.165) is 11.3 Å². The zero-order valence-corrected chi connectivity index (χ0v) is 25.9. The molecule has 0 fully saturated rings. The highest BCUT2D eigenvalue weighted by atomic mass is 35.5. The van der Waals surface area contributed by atoms with Gasteiger partial charge in [0.2, 0.25) is 5.91 Å². The minimum atomic E-state index is -3.95. The van der Waals surface area contributed by atoms with Crippen molar-refractivity contribution in [3.05, 3.63) is 70.6 Å². The summed E-state index contributed by atoms with van der Waals surface area (Å²) >= 11 is 7.01. The molecule has 0 spiro atoms. The van der Waals surface area contributed by atoms with Gasteiger partial charge in [-0.25, -0.2) is 16.8 Å². The topological polar surface area (TPSA) is 133 Å². The molecular weight excluding hydrogens is 610 g/mol. The Hall–Kier alpha value is -2.68. The first-order valence-electron chi connectivity index (χ1n) is 12.8. The van der Waals surface area contributed by atoms with Gasteiger partial charge in [0, 0.05) is 35.8 Å². The number of benzene rings is 2. The zero-order chi connectivity index (χ0) is 29.9. The Balaban J connectivity index is 1.68. The zero-order valence-electron chi connectivity index (χ0n) is 22.7. The van der Waals surface area contributed by atoms with Crippen molar-refractivity contribution >= 4 is 54.6 Å². The van der Waals surface area contributed by atoms with Crippen LogP contribution in [0.3, 0.4) is 0 Å². The van der Waals surface area contributed by atoms with Crippen molar-refractivity contribution in [1.82, 2.24) is 9.21 Å². The van der Waals surface area contributed by atoms with Crippen LogP contribution in [0, 0.1) is 5.92 Å². The molecule has 0 saturated heterocycles. The molecule has 0 saturated carbocycles. The van der Waals surface area contributed by atoms with E-state index in [1.54, 1.807) is 29.3 Å². The number of carbonyl (C=O) groups excluding carboxylic acids is 1. The van der Waals surface area contributed by atoms with Crippen LogP contribution in [0.2, 0.25) is 5.02 Å². The van der Waals surface area contributed by atoms with Gasteiger partial charge >= 0.3 is 0 Å². The van der Waals surface area contributed by atoms with Crippen molar-refractivity contribution in [2.24, 2.45) is 5.92 Å². The molecule has 2 heterocycles. The number of likely N-dealkylation sites (N-methyl/N-ethyl adjacent to an activating group) is 1. The van der Waals surface area contributed by atoms with Crippen LogP contribution < -0.4 is 9.46 Å². The van der Waals surface area contributed by atoms with Crippen molar-refractivity contribution in [3.8, 4) is 5.75 Å². The first-order chi connectivity index (χ1) is 19.3. The predicted molar refractivity (Wildman–Crippen MR) is 158 cm³/mol. The number of sulfonamides is 2. The van der Waals surface area contributed by atoms with Crippen LogP contribution in [0.5, 0.6) is 5.75 Å². The smallest absolute Gasteiger partial charge is 0.261 e. The molecule has 1 aliphatic rings. The third-order valence-electron chi connectivity index (χ3n) is 6.89. The van der Waals surface area contributed by atoms with E-state index in [1.807, 2.05) is 6.92 Å². The van der Waals surface area contributed by atoms with Crippen LogP contribution in [0.1, 0.15) is 19.4 Å². The number of aliphatic hydroxyl groups excluding tert-OH is 1. The fraction of sp³-hybridized carbons (Fsp3) is 0.370. The number of carbonyl (C=O) groups is 1. The van der Waals surface area contributed by atoms with E-state index in [1.165, 1.54) is 53.8 Å². The van der Waals surface area contributed by atoms with Crippen molar-refractivity contribution in [1.29, 1.82) is 0 Å². The Kier molecular flexibility index (Phi) is 9.66. The van der Waals surface area contributed by atoms with E-state index in [0.29, 0.717) is 16.3 Å². The Morgan fingerprint density at radius 1 is 1.17 bits per heavy atom. The maximum atomic E-state index is 13.4. The molecule has 2 N–H and O–H groups in total. The third kappa shape index (κ3) is 7.22. The largest absolute Gasteiger partial charge is 0.488 e. The highest BCUT2D eigenvalue weighted by molar-refractivity contribution is 7.92. The molecule has 3 atom stereocenters. The van der Waals surface area contributed by atoms with Gasteiger partial charge < -0.3 is 14.7 Å². The second-order valence-electron chi connectivity index (χ2n) is 9.99. The van der Waals surface area contributed by atoms with Crippen molar-refractivity contribution in [3.63, 3.8) is 0 Å². The summed E-state index contributed by atoms with van der Waals surface area (Å²) in [6.45, 7) is 3.55. The van der Waals surface area contributed by atoms with Gasteiger partial charge in [0.25, 0.3) is 20.0 Å². The summed E-state index contributed by atoms with van der Waals surface area (Å²) in [7, 11) is -6.23. The monoisotopic (exact) mass is 641 g/mol. The lowest BCUT2D eigenvalue weighted by Crippen LogP contribution is -2.48. The first kappa shape index (κ1) is 31.3. The number of ether oxygens (including phenoxy) is 1. The fourth-order valence-corrected chi connectivity index (χ4v) is 8.01. The van der Waals surface area contributed by atoms with Gasteiger partial charge in [-0.2, -0.15) is 4.31 Å². The van der Waals surface area contributed by atoms with Crippen LogP contribution in [0.25, 0.3) is 0 Å². The van der Waals surface area contributed by atoms with Gasteiger partial charge in [-0.15, -0.1) is 11.3 Å². The van der Waals surface area contributed by atoms with E-state index in [-0.39, 0.29) is 52.7 Å². The number of amides is 1. The maximum Gasteiger partial charge on any atom is 0.261 e. The summed E-state index contributed by atoms with van der Waals surface area (Å²) < 4.78 is 62.5. The number of aliphatic hydroxyl groups is 1. The van der Waals surface area contributed by atoms with Crippen LogP contribution >= 0.6 is 22.9 Å². The molecule has 41 heavy (non-hydrogen) atoms. The minimum absolute atomic E-state index is 0.00131. The third-order valence-corrected chi connectivity index (χ3v) is 11.7. The number of hydrogen-bond acceptors (Lipinski definition) is 8. The van der Waals surface area contributed by atoms with E-state index < -0.39 is 32.2 Å². The van der Waals surface area contributed by atoms with Crippen molar-refractivity contribution in [2.75, 3.05) is 31.5 Å². The van der Waals surface area contributed by atoms with E-state index in [4.69, 9.17) is 16.3 Å². The molecule has 2 aromatic carbocycles. The fourth-order valence-electron chi connectivity index (χ4n) is 4.45. The molecule has 0 aliphatic carbocycles. The Bertz CT molecular complexity index is 1580. The Morgan fingerprint density at radius 3 is 2.51 bits per heavy atom. The molecule has 3 aromatic rings. The summed E-state index contributed by atoms with van der Waals surface area (Å²) in [5.41, 5.74) is 0.641. The molecule has 14 heteroatoms. The lowest BCUT2D eigenvalue weighted by molar-refractivity contribution is -0.134. The normalized spacial score (nSPS) is 19.1. The molecule has 222 valence electrons. The van der Waals surface area contributed by atoms with Gasteiger partial charge in [0.15, 0.2) is 0 Å². The SMILES string of the molecule is C[C@@H]1CN([C@@H](C)CO)C(=O)Cc2cc(NS(=O)(=O)c3ccc(Cl)cc3)ccc2O[C@@H]1CN(C)S(=O)(=O)c1cccs1. The lowest BCUT2D eigenvalue weighted by Gasteiger charge is -2.33. The number of halogens is 1. The average Bonchev–Trinajstić information content (AvgIpc) is 3.48. The van der Waals surface area contributed by atoms with Crippen molar-refractivity contribution in [2.45, 2.75) is 41.5 Å². The number of hydrogen-bond donors (Lipinski definition) is 2. The standard InChI is InChI=1S/C27H32ClN3O7S3/c1-18-15-31(19(2)17-32)26(33)14-20-13-22(29-40(34,35)23-9-6-21(28)7-10-23)8-11-24(20)38-25(18)16-30(3)41(36,37)27-5-4-12-39-27/h4-13,18-19,25,29,32H,14-17H2,1-3H3/t18-,19+,25-/m1/s1. The van der Waals surface area contributed by atoms with Crippen LogP contribution in [0.15, 0.2) is 69.1 Å². The molecule has 1 aliphatic heterocycles. The van der Waals surface area contributed by atoms with Crippen LogP contribution in [-0.2, 0) is 31.3 Å². The second-order valence-corrected chi connectivity index (χ2v) is 15.3. The number of fused-ring (bicyclic) bond motifs is 1. The van der Waals surface area contributed by atoms with Crippen molar-refractivity contribution < 1.29 is 31.5 Å². The van der Waals surface area contributed by atoms with E-state index in [2.05, 4.69) is 4.72 Å². The number of nitrogens with one attached hydrogen (secondary N) is 1. The predicted octanol–water partition coefficient (Wildman–Crippen LogP) is 3.67. The van der Waals surface area contributed by atoms with Gasteiger partial charge in [0.1, 0.15) is 16.1 Å². The molecule has 0 unspecified atom stereocenters. The molecule has 10 nitrogen and oxygen atoms in total. The molecule has 0 bridgehead atoms. The number of nitrogens with zero attached hydrogens (tertiary/aromatic N) is 2. The van der Waals surface area contributed by atoms with Crippen LogP contribution in [0.4, 0.5) is 5.69 Å².